The van der Waals surface area contributed by atoms with Crippen LogP contribution in [0.25, 0.3) is 0 Å². The highest BCUT2D eigenvalue weighted by Gasteiger charge is 2.49. The number of ether oxygens (including phenoxy) is 3. The first-order chi connectivity index (χ1) is 10.5. The number of aldehydes is 1. The standard InChI is InChI=1S/C14H22N2O6/c1-10(2)8-20-13(19)15-6-12(18)16-9-14(5-11(16)7-17)21-3-4-22-14/h7,10-11H,3-6,8-9H2,1-2H3,(H,15,19)/t11-/m0/s1. The van der Waals surface area contributed by atoms with Crippen molar-refractivity contribution >= 4 is 18.3 Å². The van der Waals surface area contributed by atoms with E-state index in [-0.39, 0.29) is 31.5 Å². The van der Waals surface area contributed by atoms with Crippen LogP contribution in [0.4, 0.5) is 4.79 Å². The summed E-state index contributed by atoms with van der Waals surface area (Å²) in [5, 5.41) is 2.39. The summed E-state index contributed by atoms with van der Waals surface area (Å²) in [5.74, 6) is -1.02. The molecule has 8 nitrogen and oxygen atoms in total. The van der Waals surface area contributed by atoms with Gasteiger partial charge in [-0.05, 0) is 5.92 Å². The molecular formula is C14H22N2O6. The van der Waals surface area contributed by atoms with Crippen LogP contribution < -0.4 is 5.32 Å². The van der Waals surface area contributed by atoms with Crippen LogP contribution in [0.2, 0.25) is 0 Å². The molecule has 0 unspecified atom stereocenters. The molecule has 0 aromatic carbocycles. The van der Waals surface area contributed by atoms with Crippen LogP contribution in [0, 0.1) is 5.92 Å². The Morgan fingerprint density at radius 1 is 1.41 bits per heavy atom. The summed E-state index contributed by atoms with van der Waals surface area (Å²) >= 11 is 0. The van der Waals surface area contributed by atoms with E-state index in [1.54, 1.807) is 0 Å². The van der Waals surface area contributed by atoms with Gasteiger partial charge in [0.1, 0.15) is 12.8 Å². The van der Waals surface area contributed by atoms with Crippen molar-refractivity contribution in [3.05, 3.63) is 0 Å². The fourth-order valence-corrected chi connectivity index (χ4v) is 2.51. The Labute approximate surface area is 129 Å². The lowest BCUT2D eigenvalue weighted by molar-refractivity contribution is -0.152. The average Bonchev–Trinajstić information content (AvgIpc) is 3.10. The van der Waals surface area contributed by atoms with Crippen LogP contribution in [-0.4, -0.2) is 67.9 Å². The highest BCUT2D eigenvalue weighted by molar-refractivity contribution is 5.85. The molecule has 2 fully saturated rings. The summed E-state index contributed by atoms with van der Waals surface area (Å²) in [5.41, 5.74) is 0. The number of hydrogen-bond donors (Lipinski definition) is 1. The summed E-state index contributed by atoms with van der Waals surface area (Å²) in [4.78, 5) is 36.2. The molecule has 124 valence electrons. The maximum Gasteiger partial charge on any atom is 0.407 e. The van der Waals surface area contributed by atoms with Crippen molar-refractivity contribution in [3.8, 4) is 0 Å². The van der Waals surface area contributed by atoms with Gasteiger partial charge >= 0.3 is 6.09 Å². The number of hydrogen-bond acceptors (Lipinski definition) is 6. The van der Waals surface area contributed by atoms with Gasteiger partial charge in [-0.25, -0.2) is 4.79 Å². The van der Waals surface area contributed by atoms with E-state index in [4.69, 9.17) is 14.2 Å². The predicted molar refractivity (Wildman–Crippen MR) is 75.0 cm³/mol. The molecule has 0 aliphatic carbocycles. The highest BCUT2D eigenvalue weighted by Crippen LogP contribution is 2.33. The van der Waals surface area contributed by atoms with E-state index >= 15 is 0 Å². The molecule has 0 aromatic heterocycles. The van der Waals surface area contributed by atoms with Crippen LogP contribution >= 0.6 is 0 Å². The minimum atomic E-state index is -0.876. The Bertz CT molecular complexity index is 433. The molecule has 2 amide bonds. The zero-order valence-electron chi connectivity index (χ0n) is 12.9. The van der Waals surface area contributed by atoms with Crippen molar-refractivity contribution in [1.82, 2.24) is 10.2 Å². The minimum Gasteiger partial charge on any atom is -0.449 e. The van der Waals surface area contributed by atoms with Crippen LogP contribution in [0.1, 0.15) is 20.3 Å². The third-order valence-corrected chi connectivity index (χ3v) is 3.55. The van der Waals surface area contributed by atoms with Crippen molar-refractivity contribution in [2.75, 3.05) is 32.9 Å². The predicted octanol–water partition coefficient (Wildman–Crippen LogP) is -0.0885. The summed E-state index contributed by atoms with van der Waals surface area (Å²) < 4.78 is 16.0. The second kappa shape index (κ2) is 7.06. The van der Waals surface area contributed by atoms with Gasteiger partial charge in [0, 0.05) is 6.42 Å². The van der Waals surface area contributed by atoms with E-state index in [1.807, 2.05) is 13.8 Å². The Hall–Kier alpha value is -1.67. The number of carbonyl (C=O) groups excluding carboxylic acids is 3. The van der Waals surface area contributed by atoms with E-state index in [0.717, 1.165) is 0 Å². The number of carbonyl (C=O) groups is 3. The van der Waals surface area contributed by atoms with Gasteiger partial charge in [0.15, 0.2) is 5.79 Å². The van der Waals surface area contributed by atoms with E-state index in [1.165, 1.54) is 4.90 Å². The maximum atomic E-state index is 12.2. The Kier molecular flexibility index (Phi) is 5.36. The molecule has 0 aromatic rings. The molecule has 8 heteroatoms. The topological polar surface area (TPSA) is 94.2 Å². The van der Waals surface area contributed by atoms with Crippen molar-refractivity contribution in [2.45, 2.75) is 32.1 Å². The highest BCUT2D eigenvalue weighted by atomic mass is 16.7. The molecule has 2 aliphatic rings. The average molecular weight is 314 g/mol. The van der Waals surface area contributed by atoms with Gasteiger partial charge in [-0.15, -0.1) is 0 Å². The van der Waals surface area contributed by atoms with E-state index in [2.05, 4.69) is 5.32 Å². The van der Waals surface area contributed by atoms with Crippen molar-refractivity contribution in [2.24, 2.45) is 5.92 Å². The molecule has 2 rings (SSSR count). The number of alkyl carbamates (subject to hydrolysis) is 1. The second-order valence-corrected chi connectivity index (χ2v) is 5.88. The van der Waals surface area contributed by atoms with E-state index < -0.39 is 17.9 Å². The van der Waals surface area contributed by atoms with Gasteiger partial charge in [-0.2, -0.15) is 0 Å². The lowest BCUT2D eigenvalue weighted by atomic mass is 10.2. The molecular weight excluding hydrogens is 292 g/mol. The molecule has 2 saturated heterocycles. The largest absolute Gasteiger partial charge is 0.449 e. The third-order valence-electron chi connectivity index (χ3n) is 3.55. The lowest BCUT2D eigenvalue weighted by Crippen LogP contribution is -2.44. The van der Waals surface area contributed by atoms with Crippen LogP contribution in [-0.2, 0) is 23.8 Å². The van der Waals surface area contributed by atoms with Gasteiger partial charge in [-0.3, -0.25) is 4.79 Å². The first kappa shape index (κ1) is 16.7. The van der Waals surface area contributed by atoms with Gasteiger partial charge in [0.2, 0.25) is 5.91 Å². The molecule has 22 heavy (non-hydrogen) atoms. The summed E-state index contributed by atoms with van der Waals surface area (Å²) in [6.07, 6.45) is 0.376. The van der Waals surface area contributed by atoms with E-state index in [9.17, 15) is 14.4 Å². The molecule has 1 N–H and O–H groups in total. The number of nitrogens with one attached hydrogen (secondary N) is 1. The Morgan fingerprint density at radius 3 is 2.68 bits per heavy atom. The molecule has 0 saturated carbocycles. The van der Waals surface area contributed by atoms with E-state index in [0.29, 0.717) is 25.9 Å². The first-order valence-electron chi connectivity index (χ1n) is 7.39. The molecule has 2 aliphatic heterocycles. The monoisotopic (exact) mass is 314 g/mol. The molecule has 2 heterocycles. The van der Waals surface area contributed by atoms with Crippen LogP contribution in [0.3, 0.4) is 0 Å². The summed E-state index contributed by atoms with van der Waals surface area (Å²) in [6, 6.07) is -0.598. The number of rotatable bonds is 5. The molecule has 1 atom stereocenters. The Morgan fingerprint density at radius 2 is 2.09 bits per heavy atom. The maximum absolute atomic E-state index is 12.2. The molecule has 0 bridgehead atoms. The van der Waals surface area contributed by atoms with Crippen molar-refractivity contribution in [3.63, 3.8) is 0 Å². The second-order valence-electron chi connectivity index (χ2n) is 5.88. The normalized spacial score (nSPS) is 23.0. The van der Waals surface area contributed by atoms with Crippen molar-refractivity contribution in [1.29, 1.82) is 0 Å². The van der Waals surface area contributed by atoms with Gasteiger partial charge < -0.3 is 29.2 Å². The summed E-state index contributed by atoms with van der Waals surface area (Å²) in [6.45, 7) is 4.98. The Balaban J connectivity index is 1.83. The third kappa shape index (κ3) is 3.95. The zero-order chi connectivity index (χ0) is 16.2. The molecule has 1 spiro atoms. The minimum absolute atomic E-state index is 0.192. The quantitative estimate of drug-likeness (QED) is 0.713. The van der Waals surface area contributed by atoms with Crippen LogP contribution in [0.5, 0.6) is 0 Å². The SMILES string of the molecule is CC(C)COC(=O)NCC(=O)N1CC2(C[C@H]1C=O)OCCO2. The van der Waals surface area contributed by atoms with Crippen molar-refractivity contribution < 1.29 is 28.6 Å². The number of amides is 2. The summed E-state index contributed by atoms with van der Waals surface area (Å²) in [7, 11) is 0. The van der Waals surface area contributed by atoms with Gasteiger partial charge in [0.05, 0.1) is 32.4 Å². The number of likely N-dealkylation sites (tertiary alicyclic amines) is 1. The fraction of sp³-hybridized carbons (Fsp3) is 0.786. The van der Waals surface area contributed by atoms with Gasteiger partial charge in [0.25, 0.3) is 0 Å². The fourth-order valence-electron chi connectivity index (χ4n) is 2.51. The smallest absolute Gasteiger partial charge is 0.407 e. The van der Waals surface area contributed by atoms with Gasteiger partial charge in [-0.1, -0.05) is 13.8 Å². The van der Waals surface area contributed by atoms with Crippen LogP contribution in [0.15, 0.2) is 0 Å². The first-order valence-corrected chi connectivity index (χ1v) is 7.39. The lowest BCUT2D eigenvalue weighted by Gasteiger charge is -2.22. The number of nitrogens with zero attached hydrogens (tertiary/aromatic N) is 1. The zero-order valence-corrected chi connectivity index (χ0v) is 12.9. The molecule has 0 radical (unpaired) electrons.